The highest BCUT2D eigenvalue weighted by molar-refractivity contribution is 8.00. The van der Waals surface area contributed by atoms with Gasteiger partial charge in [-0.25, -0.2) is 9.97 Å². The molecule has 2 aromatic heterocycles. The van der Waals surface area contributed by atoms with Gasteiger partial charge < -0.3 is 15.4 Å². The van der Waals surface area contributed by atoms with Gasteiger partial charge in [0.25, 0.3) is 0 Å². The molecule has 0 aliphatic heterocycles. The fourth-order valence-electron chi connectivity index (χ4n) is 2.22. The molecule has 2 heterocycles. The Morgan fingerprint density at radius 1 is 1.36 bits per heavy atom. The predicted molar refractivity (Wildman–Crippen MR) is 96.8 cm³/mol. The maximum Gasteiger partial charge on any atom is 0.233 e. The summed E-state index contributed by atoms with van der Waals surface area (Å²) in [7, 11) is 0. The summed E-state index contributed by atoms with van der Waals surface area (Å²) in [5, 5.41) is 12.5. The maximum atomic E-state index is 12.3. The van der Waals surface area contributed by atoms with Crippen molar-refractivity contribution in [1.82, 2.24) is 25.3 Å². The van der Waals surface area contributed by atoms with E-state index in [1.165, 1.54) is 18.1 Å². The molecule has 25 heavy (non-hydrogen) atoms. The van der Waals surface area contributed by atoms with Crippen molar-refractivity contribution in [3.8, 4) is 5.75 Å². The van der Waals surface area contributed by atoms with Gasteiger partial charge >= 0.3 is 0 Å². The van der Waals surface area contributed by atoms with Gasteiger partial charge in [-0.15, -0.1) is 0 Å². The number of phenolic OH excluding ortho intramolecular Hbond substituents is 1. The zero-order valence-electron chi connectivity index (χ0n) is 13.4. The van der Waals surface area contributed by atoms with E-state index in [1.54, 1.807) is 19.1 Å². The van der Waals surface area contributed by atoms with Crippen molar-refractivity contribution in [3.05, 3.63) is 41.4 Å². The molecule has 0 radical (unpaired) electrons. The first-order valence-corrected chi connectivity index (χ1v) is 8.87. The van der Waals surface area contributed by atoms with Gasteiger partial charge in [0.05, 0.1) is 11.6 Å². The van der Waals surface area contributed by atoms with Crippen LogP contribution < -0.4 is 5.32 Å². The number of nitrogens with zero attached hydrogens (tertiary/aromatic N) is 3. The van der Waals surface area contributed by atoms with E-state index < -0.39 is 0 Å². The van der Waals surface area contributed by atoms with E-state index in [-0.39, 0.29) is 22.2 Å². The van der Waals surface area contributed by atoms with Crippen LogP contribution in [0.25, 0.3) is 11.2 Å². The third-order valence-corrected chi connectivity index (χ3v) is 4.79. The van der Waals surface area contributed by atoms with Crippen LogP contribution in [0.5, 0.6) is 5.75 Å². The van der Waals surface area contributed by atoms with Crippen molar-refractivity contribution in [1.29, 1.82) is 0 Å². The Morgan fingerprint density at radius 3 is 2.88 bits per heavy atom. The number of fused-ring (bicyclic) bond motifs is 1. The fourth-order valence-corrected chi connectivity index (χ4v) is 3.37. The Morgan fingerprint density at radius 2 is 2.12 bits per heavy atom. The Balaban J connectivity index is 1.57. The van der Waals surface area contributed by atoms with Crippen molar-refractivity contribution in [2.24, 2.45) is 0 Å². The van der Waals surface area contributed by atoms with Crippen LogP contribution in [0.2, 0.25) is 5.28 Å². The number of hydrogen-bond donors (Lipinski definition) is 3. The molecule has 0 bridgehead atoms. The summed E-state index contributed by atoms with van der Waals surface area (Å²) >= 11 is 7.19. The number of nitrogens with one attached hydrogen (secondary N) is 2. The van der Waals surface area contributed by atoms with Crippen molar-refractivity contribution >= 4 is 40.4 Å². The first kappa shape index (κ1) is 17.5. The highest BCUT2D eigenvalue weighted by Crippen LogP contribution is 2.27. The van der Waals surface area contributed by atoms with E-state index in [2.05, 4.69) is 25.3 Å². The molecule has 1 aromatic carbocycles. The smallest absolute Gasteiger partial charge is 0.233 e. The van der Waals surface area contributed by atoms with Gasteiger partial charge in [0.2, 0.25) is 11.2 Å². The molecule has 3 aromatic rings. The minimum Gasteiger partial charge on any atom is -0.508 e. The number of amides is 1. The van der Waals surface area contributed by atoms with Gasteiger partial charge in [0.1, 0.15) is 16.3 Å². The topological polar surface area (TPSA) is 104 Å². The van der Waals surface area contributed by atoms with Crippen molar-refractivity contribution < 1.29 is 9.90 Å². The predicted octanol–water partition coefficient (Wildman–Crippen LogP) is 2.55. The lowest BCUT2D eigenvalue weighted by atomic mass is 10.1. The Kier molecular flexibility index (Phi) is 5.40. The zero-order chi connectivity index (χ0) is 17.8. The number of imidazole rings is 1. The second-order valence-electron chi connectivity index (χ2n) is 5.37. The number of hydrogen-bond acceptors (Lipinski definition) is 6. The third kappa shape index (κ3) is 4.40. The average molecular weight is 378 g/mol. The van der Waals surface area contributed by atoms with Crippen LogP contribution in [0, 0.1) is 0 Å². The molecular weight excluding hydrogens is 362 g/mol. The van der Waals surface area contributed by atoms with Crippen molar-refractivity contribution in [2.45, 2.75) is 23.6 Å². The SMILES string of the molecule is CC(Sc1nc(Cl)nc2nc[nH]c12)C(=O)NCCc1ccc(O)cc1. The molecule has 0 spiro atoms. The lowest BCUT2D eigenvalue weighted by Gasteiger charge is -2.12. The summed E-state index contributed by atoms with van der Waals surface area (Å²) < 4.78 is 0. The maximum absolute atomic E-state index is 12.3. The van der Waals surface area contributed by atoms with E-state index in [0.717, 1.165) is 5.56 Å². The summed E-state index contributed by atoms with van der Waals surface area (Å²) in [6.45, 7) is 2.32. The standard InChI is InChI=1S/C16H16ClN5O2S/c1-9(14(24)18-7-6-10-2-4-11(23)5-3-10)25-15-12-13(20-8-19-12)21-16(17)22-15/h2-5,8-9,23H,6-7H2,1H3,(H,18,24)(H,19,20,21,22). The minimum absolute atomic E-state index is 0.0915. The molecule has 9 heteroatoms. The molecule has 1 amide bonds. The van der Waals surface area contributed by atoms with Crippen LogP contribution in [-0.2, 0) is 11.2 Å². The Labute approximate surface area is 153 Å². The van der Waals surface area contributed by atoms with E-state index in [4.69, 9.17) is 11.6 Å². The number of phenols is 1. The lowest BCUT2D eigenvalue weighted by Crippen LogP contribution is -2.32. The van der Waals surface area contributed by atoms with E-state index in [9.17, 15) is 9.90 Å². The summed E-state index contributed by atoms with van der Waals surface area (Å²) in [5.41, 5.74) is 2.18. The van der Waals surface area contributed by atoms with Crippen molar-refractivity contribution in [2.75, 3.05) is 6.54 Å². The number of aromatic nitrogens is 4. The zero-order valence-corrected chi connectivity index (χ0v) is 14.9. The Hall–Kier alpha value is -2.32. The minimum atomic E-state index is -0.350. The first-order valence-electron chi connectivity index (χ1n) is 7.62. The molecule has 3 rings (SSSR count). The second kappa shape index (κ2) is 7.71. The number of aromatic amines is 1. The number of thioether (sulfide) groups is 1. The van der Waals surface area contributed by atoms with Crippen LogP contribution in [0.1, 0.15) is 12.5 Å². The molecule has 1 unspecified atom stereocenters. The van der Waals surface area contributed by atoms with E-state index in [0.29, 0.717) is 29.2 Å². The monoisotopic (exact) mass is 377 g/mol. The van der Waals surface area contributed by atoms with Gasteiger partial charge in [0.15, 0.2) is 5.65 Å². The summed E-state index contributed by atoms with van der Waals surface area (Å²) in [6, 6.07) is 6.92. The van der Waals surface area contributed by atoms with Crippen molar-refractivity contribution in [3.63, 3.8) is 0 Å². The normalized spacial score (nSPS) is 12.2. The number of benzene rings is 1. The Bertz CT molecular complexity index is 884. The van der Waals surface area contributed by atoms with E-state index >= 15 is 0 Å². The molecule has 0 saturated heterocycles. The van der Waals surface area contributed by atoms with Gasteiger partial charge in [-0.05, 0) is 42.6 Å². The average Bonchev–Trinajstić information content (AvgIpc) is 3.05. The number of halogens is 1. The van der Waals surface area contributed by atoms with Crippen LogP contribution in [0.4, 0.5) is 0 Å². The van der Waals surface area contributed by atoms with Crippen LogP contribution in [-0.4, -0.2) is 42.7 Å². The number of aromatic hydroxyl groups is 1. The van der Waals surface area contributed by atoms with Gasteiger partial charge in [0, 0.05) is 6.54 Å². The number of carbonyl (C=O) groups excluding carboxylic acids is 1. The molecule has 0 aliphatic carbocycles. The molecular formula is C16H16ClN5O2S. The van der Waals surface area contributed by atoms with Gasteiger partial charge in [-0.1, -0.05) is 23.9 Å². The molecule has 0 aliphatic rings. The molecule has 0 fully saturated rings. The molecule has 0 saturated carbocycles. The second-order valence-corrected chi connectivity index (χ2v) is 7.03. The largest absolute Gasteiger partial charge is 0.508 e. The summed E-state index contributed by atoms with van der Waals surface area (Å²) in [4.78, 5) is 27.5. The molecule has 7 nitrogen and oxygen atoms in total. The van der Waals surface area contributed by atoms with Gasteiger partial charge in [-0.3, -0.25) is 4.79 Å². The fraction of sp³-hybridized carbons (Fsp3) is 0.250. The first-order chi connectivity index (χ1) is 12.0. The lowest BCUT2D eigenvalue weighted by molar-refractivity contribution is -0.120. The van der Waals surface area contributed by atoms with Crippen LogP contribution >= 0.6 is 23.4 Å². The quantitative estimate of drug-likeness (QED) is 0.346. The number of H-pyrrole nitrogens is 1. The number of rotatable bonds is 6. The highest BCUT2D eigenvalue weighted by Gasteiger charge is 2.18. The number of carbonyl (C=O) groups is 1. The van der Waals surface area contributed by atoms with Gasteiger partial charge in [-0.2, -0.15) is 4.98 Å². The van der Waals surface area contributed by atoms with Crippen LogP contribution in [0.3, 0.4) is 0 Å². The summed E-state index contributed by atoms with van der Waals surface area (Å²) in [5.74, 6) is 0.137. The highest BCUT2D eigenvalue weighted by atomic mass is 35.5. The third-order valence-electron chi connectivity index (χ3n) is 3.53. The summed E-state index contributed by atoms with van der Waals surface area (Å²) in [6.07, 6.45) is 2.20. The molecule has 130 valence electrons. The molecule has 3 N–H and O–H groups in total. The molecule has 1 atom stereocenters. The van der Waals surface area contributed by atoms with E-state index in [1.807, 2.05) is 12.1 Å². The van der Waals surface area contributed by atoms with Crippen LogP contribution in [0.15, 0.2) is 35.6 Å².